The first-order valence-electron chi connectivity index (χ1n) is 7.17. The van der Waals surface area contributed by atoms with Crippen molar-refractivity contribution in [2.24, 2.45) is 0 Å². The highest BCUT2D eigenvalue weighted by atomic mass is 32.2. The lowest BCUT2D eigenvalue weighted by Gasteiger charge is -2.25. The zero-order chi connectivity index (χ0) is 17.0. The number of hydrogen-bond acceptors (Lipinski definition) is 6. The lowest BCUT2D eigenvalue weighted by Crippen LogP contribution is -2.45. The molecule has 124 valence electrons. The zero-order valence-electron chi connectivity index (χ0n) is 12.6. The average Bonchev–Trinajstić information content (AvgIpc) is 3.16. The maximum absolute atomic E-state index is 12.6. The lowest BCUT2D eigenvalue weighted by atomic mass is 10.1. The fraction of sp³-hybridized carbons (Fsp3) is 0.467. The molecule has 1 aliphatic heterocycles. The smallest absolute Gasteiger partial charge is 0.326 e. The molecular formula is C15H17NO5S2. The molecule has 1 aromatic rings. The van der Waals surface area contributed by atoms with Crippen LogP contribution in [0.3, 0.4) is 0 Å². The van der Waals surface area contributed by atoms with Gasteiger partial charge in [-0.05, 0) is 24.3 Å². The Hall–Kier alpha value is -1.67. The number of carboxylic acid groups (broad SMARTS) is 1. The van der Waals surface area contributed by atoms with Crippen molar-refractivity contribution in [3.8, 4) is 0 Å². The summed E-state index contributed by atoms with van der Waals surface area (Å²) < 4.78 is 0. The largest absolute Gasteiger partial charge is 0.480 e. The number of ketones is 1. The number of likely N-dealkylation sites (tertiary alicyclic amines) is 1. The summed E-state index contributed by atoms with van der Waals surface area (Å²) in [5, 5.41) is 9.82. The van der Waals surface area contributed by atoms with Gasteiger partial charge in [0.05, 0.1) is 10.1 Å². The number of amides is 1. The molecule has 0 aromatic carbocycles. The Morgan fingerprint density at radius 1 is 1.43 bits per heavy atom. The minimum absolute atomic E-state index is 0.105. The third-order valence-electron chi connectivity index (χ3n) is 3.57. The van der Waals surface area contributed by atoms with Crippen molar-refractivity contribution >= 4 is 45.9 Å². The van der Waals surface area contributed by atoms with Crippen LogP contribution < -0.4 is 0 Å². The molecule has 1 saturated heterocycles. The van der Waals surface area contributed by atoms with Gasteiger partial charge in [-0.15, -0.1) is 11.3 Å². The van der Waals surface area contributed by atoms with Gasteiger partial charge in [-0.25, -0.2) is 4.79 Å². The molecular weight excluding hydrogens is 338 g/mol. The Balaban J connectivity index is 2.14. The van der Waals surface area contributed by atoms with Crippen molar-refractivity contribution < 1.29 is 24.3 Å². The minimum Gasteiger partial charge on any atom is -0.480 e. The van der Waals surface area contributed by atoms with E-state index in [1.807, 2.05) is 0 Å². The summed E-state index contributed by atoms with van der Waals surface area (Å²) in [6.45, 7) is 1.68. The molecule has 2 heterocycles. The molecule has 2 atom stereocenters. The van der Waals surface area contributed by atoms with E-state index < -0.39 is 23.2 Å². The van der Waals surface area contributed by atoms with Crippen molar-refractivity contribution in [2.75, 3.05) is 6.54 Å². The first-order valence-corrected chi connectivity index (χ1v) is 8.93. The van der Waals surface area contributed by atoms with Crippen molar-refractivity contribution in [1.29, 1.82) is 0 Å². The fourth-order valence-electron chi connectivity index (χ4n) is 2.56. The summed E-state index contributed by atoms with van der Waals surface area (Å²) in [4.78, 5) is 49.3. The third kappa shape index (κ3) is 4.42. The molecule has 0 radical (unpaired) electrons. The third-order valence-corrected chi connectivity index (χ3v) is 5.47. The summed E-state index contributed by atoms with van der Waals surface area (Å²) in [5.74, 6) is -1.70. The van der Waals surface area contributed by atoms with Gasteiger partial charge in [-0.2, -0.15) is 0 Å². The van der Waals surface area contributed by atoms with Crippen LogP contribution in [0, 0.1) is 0 Å². The van der Waals surface area contributed by atoms with Gasteiger partial charge in [0.25, 0.3) is 0 Å². The molecule has 0 aliphatic carbocycles. The Kier molecular flexibility index (Phi) is 5.95. The molecule has 0 bridgehead atoms. The lowest BCUT2D eigenvalue weighted by molar-refractivity contribution is -0.148. The van der Waals surface area contributed by atoms with Crippen LogP contribution in [-0.2, 0) is 14.4 Å². The number of carbonyl (C=O) groups is 4. The van der Waals surface area contributed by atoms with E-state index in [0.29, 0.717) is 24.3 Å². The number of rotatable bonds is 6. The molecule has 1 fully saturated rings. The van der Waals surface area contributed by atoms with Crippen LogP contribution in [-0.4, -0.2) is 50.6 Å². The van der Waals surface area contributed by atoms with Gasteiger partial charge < -0.3 is 10.0 Å². The maximum atomic E-state index is 12.6. The van der Waals surface area contributed by atoms with Crippen LogP contribution >= 0.6 is 23.1 Å². The monoisotopic (exact) mass is 355 g/mol. The molecule has 1 N–H and O–H groups in total. The van der Waals surface area contributed by atoms with Crippen molar-refractivity contribution in [3.63, 3.8) is 0 Å². The number of nitrogens with zero attached hydrogens (tertiary/aromatic N) is 1. The van der Waals surface area contributed by atoms with Gasteiger partial charge in [0, 0.05) is 19.9 Å². The standard InChI is InChI=1S/C15H17NO5S2/c1-9(17)23-13(8-11(18)12-5-3-7-22-12)14(19)16-6-2-4-10(16)15(20)21/h3,5,7,10,13H,2,4,6,8H2,1H3,(H,20,21)/t10-,13?/m0/s1. The normalized spacial score (nSPS) is 18.7. The van der Waals surface area contributed by atoms with Crippen LogP contribution in [0.2, 0.25) is 0 Å². The van der Waals surface area contributed by atoms with Gasteiger partial charge in [-0.3, -0.25) is 14.4 Å². The SMILES string of the molecule is CC(=O)SC(CC(=O)c1cccs1)C(=O)N1CCC[C@H]1C(=O)O. The second-order valence-electron chi connectivity index (χ2n) is 5.23. The number of carboxylic acids is 1. The molecule has 1 amide bonds. The molecule has 1 aromatic heterocycles. The van der Waals surface area contributed by atoms with E-state index in [2.05, 4.69) is 0 Å². The van der Waals surface area contributed by atoms with Crippen molar-refractivity contribution in [2.45, 2.75) is 37.5 Å². The average molecular weight is 355 g/mol. The van der Waals surface area contributed by atoms with Gasteiger partial charge in [0.1, 0.15) is 6.04 Å². The zero-order valence-corrected chi connectivity index (χ0v) is 14.2. The molecule has 0 saturated carbocycles. The number of Topliss-reactive ketones (excluding diaryl/α,β-unsaturated/α-hetero) is 1. The van der Waals surface area contributed by atoms with Gasteiger partial charge in [0.15, 0.2) is 10.9 Å². The molecule has 0 spiro atoms. The Bertz CT molecular complexity index is 613. The summed E-state index contributed by atoms with van der Waals surface area (Å²) >= 11 is 2.07. The van der Waals surface area contributed by atoms with Crippen LogP contribution in [0.5, 0.6) is 0 Å². The first-order chi connectivity index (χ1) is 10.9. The van der Waals surface area contributed by atoms with E-state index in [9.17, 15) is 24.3 Å². The highest BCUT2D eigenvalue weighted by Gasteiger charge is 2.38. The topological polar surface area (TPSA) is 91.8 Å². The van der Waals surface area contributed by atoms with Gasteiger partial charge >= 0.3 is 5.97 Å². The van der Waals surface area contributed by atoms with E-state index >= 15 is 0 Å². The van der Waals surface area contributed by atoms with E-state index in [4.69, 9.17) is 0 Å². The second kappa shape index (κ2) is 7.74. The molecule has 1 aliphatic rings. The van der Waals surface area contributed by atoms with Gasteiger partial charge in [-0.1, -0.05) is 17.8 Å². The van der Waals surface area contributed by atoms with E-state index in [0.717, 1.165) is 11.8 Å². The Morgan fingerprint density at radius 3 is 2.74 bits per heavy atom. The minimum atomic E-state index is -1.05. The van der Waals surface area contributed by atoms with Crippen LogP contribution in [0.15, 0.2) is 17.5 Å². The molecule has 23 heavy (non-hydrogen) atoms. The number of carbonyl (C=O) groups excluding carboxylic acids is 3. The summed E-state index contributed by atoms with van der Waals surface area (Å²) in [7, 11) is 0. The number of aliphatic carboxylic acids is 1. The highest BCUT2D eigenvalue weighted by Crippen LogP contribution is 2.26. The maximum Gasteiger partial charge on any atom is 0.326 e. The quantitative estimate of drug-likeness (QED) is 0.785. The summed E-state index contributed by atoms with van der Waals surface area (Å²) in [5.41, 5.74) is 0. The predicted molar refractivity (Wildman–Crippen MR) is 87.7 cm³/mol. The molecule has 6 nitrogen and oxygen atoms in total. The van der Waals surface area contributed by atoms with Crippen molar-refractivity contribution in [3.05, 3.63) is 22.4 Å². The highest BCUT2D eigenvalue weighted by molar-refractivity contribution is 8.14. The van der Waals surface area contributed by atoms with Crippen LogP contribution in [0.4, 0.5) is 0 Å². The number of thioether (sulfide) groups is 1. The first kappa shape index (κ1) is 17.7. The van der Waals surface area contributed by atoms with Crippen LogP contribution in [0.1, 0.15) is 35.9 Å². The van der Waals surface area contributed by atoms with Gasteiger partial charge in [0.2, 0.25) is 5.91 Å². The fourth-order valence-corrected chi connectivity index (χ4v) is 4.11. The molecule has 2 rings (SSSR count). The Labute approximate surface area is 141 Å². The predicted octanol–water partition coefficient (Wildman–Crippen LogP) is 2.04. The summed E-state index contributed by atoms with van der Waals surface area (Å²) in [6, 6.07) is 2.55. The van der Waals surface area contributed by atoms with E-state index in [1.54, 1.807) is 17.5 Å². The number of thiophene rings is 1. The second-order valence-corrected chi connectivity index (χ2v) is 7.56. The molecule has 8 heteroatoms. The van der Waals surface area contributed by atoms with E-state index in [-0.39, 0.29) is 17.3 Å². The molecule has 1 unspecified atom stereocenters. The van der Waals surface area contributed by atoms with E-state index in [1.165, 1.54) is 23.2 Å². The Morgan fingerprint density at radius 2 is 2.17 bits per heavy atom. The summed E-state index contributed by atoms with van der Waals surface area (Å²) in [6.07, 6.45) is 0.906. The number of hydrogen-bond donors (Lipinski definition) is 1. The van der Waals surface area contributed by atoms with Crippen molar-refractivity contribution in [1.82, 2.24) is 4.90 Å². The van der Waals surface area contributed by atoms with Crippen LogP contribution in [0.25, 0.3) is 0 Å².